The van der Waals surface area contributed by atoms with Crippen LogP contribution < -0.4 is 5.32 Å². The van der Waals surface area contributed by atoms with E-state index in [9.17, 15) is 14.4 Å². The predicted octanol–water partition coefficient (Wildman–Crippen LogP) is 0.269. The minimum Gasteiger partial charge on any atom is -0.480 e. The SMILES string of the molecule is COC(=O)CCCCCNC(C(=O)O)C(=O)O.Cl. The van der Waals surface area contributed by atoms with Gasteiger partial charge in [0.1, 0.15) is 0 Å². The molecule has 18 heavy (non-hydrogen) atoms. The third-order valence-corrected chi connectivity index (χ3v) is 2.13. The number of ether oxygens (including phenoxy) is 1. The highest BCUT2D eigenvalue weighted by molar-refractivity contribution is 5.97. The number of carbonyl (C=O) groups excluding carboxylic acids is 1. The molecule has 0 spiro atoms. The summed E-state index contributed by atoms with van der Waals surface area (Å²) in [6, 6.07) is -1.57. The van der Waals surface area contributed by atoms with Gasteiger partial charge in [-0.25, -0.2) is 9.59 Å². The molecule has 0 aromatic heterocycles. The Morgan fingerprint density at radius 2 is 1.67 bits per heavy atom. The summed E-state index contributed by atoms with van der Waals surface area (Å²) >= 11 is 0. The zero-order valence-corrected chi connectivity index (χ0v) is 10.9. The van der Waals surface area contributed by atoms with Gasteiger partial charge in [-0.1, -0.05) is 6.42 Å². The van der Waals surface area contributed by atoms with Crippen LogP contribution in [0.3, 0.4) is 0 Å². The summed E-state index contributed by atoms with van der Waals surface area (Å²) in [7, 11) is 1.31. The minimum atomic E-state index is -1.57. The van der Waals surface area contributed by atoms with Crippen LogP contribution in [0.25, 0.3) is 0 Å². The molecule has 0 atom stereocenters. The number of esters is 1. The fourth-order valence-corrected chi connectivity index (χ4v) is 1.20. The van der Waals surface area contributed by atoms with Crippen molar-refractivity contribution in [1.29, 1.82) is 0 Å². The molecule has 0 aromatic rings. The molecule has 0 rings (SSSR count). The Bertz CT molecular complexity index is 270. The van der Waals surface area contributed by atoms with Crippen LogP contribution in [0.5, 0.6) is 0 Å². The third kappa shape index (κ3) is 8.77. The topological polar surface area (TPSA) is 113 Å². The van der Waals surface area contributed by atoms with E-state index in [1.54, 1.807) is 0 Å². The molecule has 0 aromatic carbocycles. The monoisotopic (exact) mass is 283 g/mol. The molecule has 8 heteroatoms. The molecule has 0 heterocycles. The van der Waals surface area contributed by atoms with E-state index >= 15 is 0 Å². The first-order chi connectivity index (χ1) is 7.99. The Kier molecular flexibility index (Phi) is 11.4. The Morgan fingerprint density at radius 3 is 2.11 bits per heavy atom. The van der Waals surface area contributed by atoms with Gasteiger partial charge in [0.05, 0.1) is 7.11 Å². The largest absolute Gasteiger partial charge is 0.480 e. The van der Waals surface area contributed by atoms with Gasteiger partial charge in [0, 0.05) is 6.42 Å². The van der Waals surface area contributed by atoms with E-state index in [4.69, 9.17) is 10.2 Å². The van der Waals surface area contributed by atoms with Gasteiger partial charge in [0.15, 0.2) is 0 Å². The summed E-state index contributed by atoms with van der Waals surface area (Å²) in [5, 5.41) is 19.5. The highest BCUT2D eigenvalue weighted by atomic mass is 35.5. The van der Waals surface area contributed by atoms with Crippen LogP contribution in [0.4, 0.5) is 0 Å². The molecule has 0 aliphatic rings. The molecule has 0 radical (unpaired) electrons. The molecule has 0 unspecified atom stereocenters. The van der Waals surface area contributed by atoms with Crippen molar-refractivity contribution in [2.45, 2.75) is 31.7 Å². The van der Waals surface area contributed by atoms with E-state index in [1.807, 2.05) is 0 Å². The first kappa shape index (κ1) is 19.0. The van der Waals surface area contributed by atoms with Crippen LogP contribution in [-0.2, 0) is 19.1 Å². The minimum absolute atomic E-state index is 0. The van der Waals surface area contributed by atoms with Gasteiger partial charge in [0.25, 0.3) is 0 Å². The van der Waals surface area contributed by atoms with Crippen LogP contribution in [0.2, 0.25) is 0 Å². The maximum Gasteiger partial charge on any atom is 0.332 e. The number of hydrogen-bond acceptors (Lipinski definition) is 5. The van der Waals surface area contributed by atoms with Crippen molar-refractivity contribution in [3.05, 3.63) is 0 Å². The summed E-state index contributed by atoms with van der Waals surface area (Å²) in [5.41, 5.74) is 0. The second-order valence-electron chi connectivity index (χ2n) is 3.45. The summed E-state index contributed by atoms with van der Waals surface area (Å²) < 4.78 is 4.45. The number of hydrogen-bond donors (Lipinski definition) is 3. The van der Waals surface area contributed by atoms with Gasteiger partial charge in [-0.05, 0) is 19.4 Å². The number of rotatable bonds is 9. The lowest BCUT2D eigenvalue weighted by atomic mass is 10.2. The van der Waals surface area contributed by atoms with Crippen LogP contribution in [0.15, 0.2) is 0 Å². The van der Waals surface area contributed by atoms with E-state index in [1.165, 1.54) is 7.11 Å². The van der Waals surface area contributed by atoms with Crippen LogP contribution in [-0.4, -0.2) is 47.8 Å². The Labute approximate surface area is 111 Å². The summed E-state index contributed by atoms with van der Waals surface area (Å²) in [6.45, 7) is 0.282. The highest BCUT2D eigenvalue weighted by Crippen LogP contribution is 2.00. The van der Waals surface area contributed by atoms with Gasteiger partial charge < -0.3 is 14.9 Å². The normalized spacial score (nSPS) is 9.67. The molecule has 0 fully saturated rings. The van der Waals surface area contributed by atoms with Crippen molar-refractivity contribution in [3.63, 3.8) is 0 Å². The fraction of sp³-hybridized carbons (Fsp3) is 0.700. The molecule has 0 bridgehead atoms. The van der Waals surface area contributed by atoms with E-state index in [2.05, 4.69) is 10.1 Å². The van der Waals surface area contributed by atoms with Crippen molar-refractivity contribution in [2.24, 2.45) is 0 Å². The average molecular weight is 284 g/mol. The Balaban J connectivity index is 0. The van der Waals surface area contributed by atoms with Gasteiger partial charge >= 0.3 is 17.9 Å². The highest BCUT2D eigenvalue weighted by Gasteiger charge is 2.24. The van der Waals surface area contributed by atoms with E-state index < -0.39 is 18.0 Å². The summed E-state index contributed by atoms with van der Waals surface area (Å²) in [6.07, 6.45) is 2.26. The second-order valence-corrected chi connectivity index (χ2v) is 3.45. The molecule has 0 aliphatic carbocycles. The number of carbonyl (C=O) groups is 3. The number of methoxy groups -OCH3 is 1. The molecular formula is C10H18ClNO6. The number of unbranched alkanes of at least 4 members (excludes halogenated alkanes) is 2. The summed E-state index contributed by atoms with van der Waals surface area (Å²) in [4.78, 5) is 31.7. The van der Waals surface area contributed by atoms with Crippen molar-refractivity contribution in [3.8, 4) is 0 Å². The average Bonchev–Trinajstić information content (AvgIpc) is 2.26. The zero-order valence-electron chi connectivity index (χ0n) is 10.0. The van der Waals surface area contributed by atoms with Crippen molar-refractivity contribution in [2.75, 3.05) is 13.7 Å². The maximum absolute atomic E-state index is 10.7. The maximum atomic E-state index is 10.7. The Hall–Kier alpha value is -1.34. The van der Waals surface area contributed by atoms with Crippen LogP contribution >= 0.6 is 12.4 Å². The van der Waals surface area contributed by atoms with Crippen molar-refractivity contribution >= 4 is 30.3 Å². The molecule has 0 amide bonds. The lowest BCUT2D eigenvalue weighted by Crippen LogP contribution is -2.43. The van der Waals surface area contributed by atoms with E-state index in [0.717, 1.165) is 0 Å². The molecule has 3 N–H and O–H groups in total. The van der Waals surface area contributed by atoms with Gasteiger partial charge in [-0.2, -0.15) is 0 Å². The van der Waals surface area contributed by atoms with E-state index in [0.29, 0.717) is 25.7 Å². The smallest absolute Gasteiger partial charge is 0.332 e. The van der Waals surface area contributed by atoms with E-state index in [-0.39, 0.29) is 24.9 Å². The first-order valence-electron chi connectivity index (χ1n) is 5.25. The molecular weight excluding hydrogens is 266 g/mol. The third-order valence-electron chi connectivity index (χ3n) is 2.13. The number of aliphatic carboxylic acids is 2. The zero-order chi connectivity index (χ0) is 13.3. The van der Waals surface area contributed by atoms with Crippen molar-refractivity contribution < 1.29 is 29.3 Å². The molecule has 0 aliphatic heterocycles. The Morgan fingerprint density at radius 1 is 1.11 bits per heavy atom. The summed E-state index contributed by atoms with van der Waals surface area (Å²) in [5.74, 6) is -3.11. The van der Waals surface area contributed by atoms with Crippen LogP contribution in [0, 0.1) is 0 Å². The van der Waals surface area contributed by atoms with Gasteiger partial charge in [-0.15, -0.1) is 12.4 Å². The molecule has 0 saturated carbocycles. The molecule has 0 saturated heterocycles. The number of halogens is 1. The quantitative estimate of drug-likeness (QED) is 0.316. The number of nitrogens with one attached hydrogen (secondary N) is 1. The van der Waals surface area contributed by atoms with Gasteiger partial charge in [0.2, 0.25) is 6.04 Å². The number of carboxylic acid groups (broad SMARTS) is 2. The predicted molar refractivity (Wildman–Crippen MR) is 64.8 cm³/mol. The standard InChI is InChI=1S/C10H17NO6.ClH/c1-17-7(12)5-3-2-4-6-11-8(9(13)14)10(15)16;/h8,11H,2-6H2,1H3,(H,13,14)(H,15,16);1H. The molecule has 7 nitrogen and oxygen atoms in total. The lowest BCUT2D eigenvalue weighted by Gasteiger charge is -2.09. The second kappa shape index (κ2) is 10.8. The lowest BCUT2D eigenvalue weighted by molar-refractivity contribution is -0.151. The van der Waals surface area contributed by atoms with Crippen molar-refractivity contribution in [1.82, 2.24) is 5.32 Å². The van der Waals surface area contributed by atoms with Crippen LogP contribution in [0.1, 0.15) is 25.7 Å². The fourth-order valence-electron chi connectivity index (χ4n) is 1.20. The number of carboxylic acids is 2. The molecule has 106 valence electrons. The first-order valence-corrected chi connectivity index (χ1v) is 5.25. The van der Waals surface area contributed by atoms with Gasteiger partial charge in [-0.3, -0.25) is 10.1 Å².